The quantitative estimate of drug-likeness (QED) is 0.264. The Morgan fingerprint density at radius 3 is 1.94 bits per heavy atom. The predicted octanol–water partition coefficient (Wildman–Crippen LogP) is 7.18. The number of benzene rings is 4. The molecule has 3 aromatic heterocycles. The van der Waals surface area contributed by atoms with Crippen LogP contribution in [0.2, 0.25) is 0 Å². The van der Waals surface area contributed by atoms with Crippen LogP contribution in [-0.4, -0.2) is 11.7 Å². The minimum absolute atomic E-state index is 0.726. The second kappa shape index (κ2) is 7.47. The van der Waals surface area contributed by atoms with E-state index in [-0.39, 0.29) is 0 Å². The monoisotopic (exact) mass is 455 g/mol. The zero-order chi connectivity index (χ0) is 23.5. The number of para-hydroxylation sites is 4. The molecule has 0 N–H and O–H groups in total. The van der Waals surface area contributed by atoms with Crippen LogP contribution in [0.3, 0.4) is 0 Å². The van der Waals surface area contributed by atoms with Crippen molar-refractivity contribution < 1.29 is 13.7 Å². The average Bonchev–Trinajstić information content (AvgIpc) is 3.45. The van der Waals surface area contributed by atoms with E-state index in [2.05, 4.69) is 95.0 Å². The van der Waals surface area contributed by atoms with Crippen LogP contribution in [0, 0.1) is 0 Å². The molecule has 0 radical (unpaired) electrons. The van der Waals surface area contributed by atoms with Gasteiger partial charge in [0.05, 0.1) is 34.6 Å². The van der Waals surface area contributed by atoms with Crippen LogP contribution >= 0.6 is 0 Å². The number of hydrogen-bond acceptors (Lipinski definition) is 2. The second-order valence-electron chi connectivity index (χ2n) is 8.82. The van der Waals surface area contributed by atoms with Gasteiger partial charge < -0.3 is 13.7 Å². The topological polar surface area (TPSA) is 31.2 Å². The van der Waals surface area contributed by atoms with E-state index in [1.54, 1.807) is 7.11 Å². The fraction of sp³-hybridized carbons (Fsp3) is 0.0645. The first-order chi connectivity index (χ1) is 17.3. The average molecular weight is 456 g/mol. The predicted molar refractivity (Wildman–Crippen MR) is 141 cm³/mol. The van der Waals surface area contributed by atoms with E-state index in [1.807, 2.05) is 24.3 Å². The molecule has 168 valence electrons. The Labute approximate surface area is 202 Å². The number of ether oxygens (including phenoxy) is 1. The Balaban J connectivity index is 1.65. The van der Waals surface area contributed by atoms with Crippen molar-refractivity contribution in [2.24, 2.45) is 7.05 Å². The number of furan rings is 1. The zero-order valence-electron chi connectivity index (χ0n) is 19.5. The van der Waals surface area contributed by atoms with Crippen LogP contribution in [-0.2, 0) is 7.05 Å². The van der Waals surface area contributed by atoms with E-state index in [0.717, 1.165) is 39.4 Å². The third kappa shape index (κ3) is 2.77. The van der Waals surface area contributed by atoms with Gasteiger partial charge in [-0.05, 0) is 30.3 Å². The summed E-state index contributed by atoms with van der Waals surface area (Å²) in [7, 11) is 3.79. The molecule has 0 spiro atoms. The maximum Gasteiger partial charge on any atom is 0.254 e. The van der Waals surface area contributed by atoms with Crippen LogP contribution < -0.4 is 9.30 Å². The highest BCUT2D eigenvalue weighted by Gasteiger charge is 2.27. The molecular formula is C31H23N2O2+. The molecule has 0 aliphatic carbocycles. The Hall–Kier alpha value is -4.57. The lowest BCUT2D eigenvalue weighted by Gasteiger charge is -2.12. The molecule has 0 bridgehead atoms. The second-order valence-corrected chi connectivity index (χ2v) is 8.82. The summed E-state index contributed by atoms with van der Waals surface area (Å²) in [6.07, 6.45) is 0. The Morgan fingerprint density at radius 2 is 1.26 bits per heavy atom. The van der Waals surface area contributed by atoms with Gasteiger partial charge in [-0.2, -0.15) is 4.57 Å². The zero-order valence-corrected chi connectivity index (χ0v) is 19.5. The maximum atomic E-state index is 6.40. The summed E-state index contributed by atoms with van der Waals surface area (Å²) >= 11 is 0. The molecule has 0 fully saturated rings. The van der Waals surface area contributed by atoms with Crippen LogP contribution in [0.5, 0.6) is 5.75 Å². The minimum atomic E-state index is 0.726. The third-order valence-electron chi connectivity index (χ3n) is 6.98. The molecule has 0 aliphatic heterocycles. The highest BCUT2D eigenvalue weighted by molar-refractivity contribution is 6.10. The molecule has 0 aliphatic rings. The van der Waals surface area contributed by atoms with E-state index >= 15 is 0 Å². The molecule has 0 saturated carbocycles. The molecule has 0 amide bonds. The van der Waals surface area contributed by atoms with Gasteiger partial charge in [0.2, 0.25) is 11.3 Å². The van der Waals surface area contributed by atoms with Crippen molar-refractivity contribution in [3.05, 3.63) is 103 Å². The van der Waals surface area contributed by atoms with Gasteiger partial charge in [0, 0.05) is 22.9 Å². The standard InChI is InChI=1S/C31H23N2O2/c1-32-24-15-7-5-13-22(24)27(19-28(32)31-30(34-2)23-14-6-10-18-29(23)35-31)33-25-16-8-3-11-20(25)21-12-4-9-17-26(21)33/h3-19H,1-2H3/q+1. The summed E-state index contributed by atoms with van der Waals surface area (Å²) in [5.74, 6) is 1.48. The fourth-order valence-corrected chi connectivity index (χ4v) is 5.39. The van der Waals surface area contributed by atoms with E-state index in [1.165, 1.54) is 27.2 Å². The van der Waals surface area contributed by atoms with E-state index in [4.69, 9.17) is 9.15 Å². The van der Waals surface area contributed by atoms with Crippen molar-refractivity contribution in [2.75, 3.05) is 7.11 Å². The number of hydrogen-bond donors (Lipinski definition) is 0. The van der Waals surface area contributed by atoms with Gasteiger partial charge in [-0.25, -0.2) is 0 Å². The largest absolute Gasteiger partial charge is 0.492 e. The van der Waals surface area contributed by atoms with Crippen molar-refractivity contribution in [1.82, 2.24) is 4.57 Å². The highest BCUT2D eigenvalue weighted by Crippen LogP contribution is 2.41. The summed E-state index contributed by atoms with van der Waals surface area (Å²) < 4.78 is 16.8. The van der Waals surface area contributed by atoms with Gasteiger partial charge in [-0.3, -0.25) is 0 Å². The Bertz CT molecular complexity index is 1860. The molecule has 0 atom stereocenters. The Kier molecular flexibility index (Phi) is 4.24. The maximum absolute atomic E-state index is 6.40. The fourth-order valence-electron chi connectivity index (χ4n) is 5.39. The third-order valence-corrected chi connectivity index (χ3v) is 6.98. The number of nitrogens with zero attached hydrogens (tertiary/aromatic N) is 2. The first kappa shape index (κ1) is 19.9. The summed E-state index contributed by atoms with van der Waals surface area (Å²) in [6, 6.07) is 36.0. The molecule has 35 heavy (non-hydrogen) atoms. The lowest BCUT2D eigenvalue weighted by molar-refractivity contribution is -0.634. The molecular weight excluding hydrogens is 432 g/mol. The van der Waals surface area contributed by atoms with Crippen LogP contribution in [0.4, 0.5) is 0 Å². The molecule has 0 saturated heterocycles. The van der Waals surface area contributed by atoms with Crippen molar-refractivity contribution in [3.63, 3.8) is 0 Å². The Morgan fingerprint density at radius 1 is 0.686 bits per heavy atom. The van der Waals surface area contributed by atoms with Gasteiger partial charge in [0.1, 0.15) is 12.6 Å². The molecule has 7 rings (SSSR count). The van der Waals surface area contributed by atoms with E-state index in [0.29, 0.717) is 0 Å². The van der Waals surface area contributed by atoms with Crippen molar-refractivity contribution in [3.8, 4) is 22.9 Å². The minimum Gasteiger partial charge on any atom is -0.492 e. The number of aromatic nitrogens is 2. The van der Waals surface area contributed by atoms with E-state index in [9.17, 15) is 0 Å². The first-order valence-corrected chi connectivity index (χ1v) is 11.7. The van der Waals surface area contributed by atoms with Gasteiger partial charge in [0.25, 0.3) is 5.69 Å². The molecule has 0 unspecified atom stereocenters. The first-order valence-electron chi connectivity index (χ1n) is 11.7. The van der Waals surface area contributed by atoms with Crippen molar-refractivity contribution in [1.29, 1.82) is 0 Å². The number of pyridine rings is 1. The van der Waals surface area contributed by atoms with Gasteiger partial charge >= 0.3 is 0 Å². The number of methoxy groups -OCH3 is 1. The van der Waals surface area contributed by atoms with Crippen LogP contribution in [0.25, 0.3) is 60.8 Å². The normalized spacial score (nSPS) is 11.7. The number of aryl methyl sites for hydroxylation is 1. The molecule has 4 nitrogen and oxygen atoms in total. The highest BCUT2D eigenvalue weighted by atomic mass is 16.5. The lowest BCUT2D eigenvalue weighted by Crippen LogP contribution is -2.32. The molecule has 3 heterocycles. The molecule has 4 aromatic carbocycles. The summed E-state index contributed by atoms with van der Waals surface area (Å²) in [6.45, 7) is 0. The van der Waals surface area contributed by atoms with Crippen LogP contribution in [0.15, 0.2) is 108 Å². The molecule has 4 heteroatoms. The summed E-state index contributed by atoms with van der Waals surface area (Å²) in [5, 5.41) is 4.61. The number of fused-ring (bicyclic) bond motifs is 5. The number of rotatable bonds is 3. The van der Waals surface area contributed by atoms with Crippen LogP contribution in [0.1, 0.15) is 0 Å². The summed E-state index contributed by atoms with van der Waals surface area (Å²) in [4.78, 5) is 0. The van der Waals surface area contributed by atoms with Crippen molar-refractivity contribution >= 4 is 43.7 Å². The smallest absolute Gasteiger partial charge is 0.254 e. The SMILES string of the molecule is COc1c(-c2cc(-n3c4ccccc4c4ccccc43)c3ccccc3[n+]2C)oc2ccccc12. The summed E-state index contributed by atoms with van der Waals surface area (Å²) in [5.41, 5.74) is 6.34. The van der Waals surface area contributed by atoms with Crippen molar-refractivity contribution in [2.45, 2.75) is 0 Å². The molecule has 7 aromatic rings. The van der Waals surface area contributed by atoms with Gasteiger partial charge in [-0.1, -0.05) is 60.7 Å². The van der Waals surface area contributed by atoms with Gasteiger partial charge in [-0.15, -0.1) is 0 Å². The van der Waals surface area contributed by atoms with Gasteiger partial charge in [0.15, 0.2) is 5.75 Å². The van der Waals surface area contributed by atoms with E-state index < -0.39 is 0 Å². The lowest BCUT2D eigenvalue weighted by atomic mass is 10.1.